The minimum Gasteiger partial charge on any atom is -0.398 e. The molecule has 112 valence electrons. The van der Waals surface area contributed by atoms with Gasteiger partial charge in [0.05, 0.1) is 5.69 Å². The zero-order chi connectivity index (χ0) is 15.8. The van der Waals surface area contributed by atoms with Crippen molar-refractivity contribution in [1.82, 2.24) is 9.59 Å². The standard InChI is InChI=1S/C15H20N4OS/c1-8-6-7-10(16)9(2)11(8)17-14(20)12-13(15(3,4)5)18-19-21-12/h6-7H,16H2,1-5H3,(H,17,20). The van der Waals surface area contributed by atoms with E-state index in [4.69, 9.17) is 5.73 Å². The van der Waals surface area contributed by atoms with Gasteiger partial charge < -0.3 is 11.1 Å². The molecule has 0 saturated carbocycles. The number of nitrogens with zero attached hydrogens (tertiary/aromatic N) is 2. The molecule has 0 saturated heterocycles. The summed E-state index contributed by atoms with van der Waals surface area (Å²) in [4.78, 5) is 13.1. The molecular formula is C15H20N4OS. The number of rotatable bonds is 2. The number of hydrogen-bond donors (Lipinski definition) is 2. The third kappa shape index (κ3) is 3.05. The summed E-state index contributed by atoms with van der Waals surface area (Å²) >= 11 is 1.12. The zero-order valence-electron chi connectivity index (χ0n) is 12.9. The number of benzene rings is 1. The molecule has 0 spiro atoms. The molecule has 1 aromatic heterocycles. The molecule has 2 rings (SSSR count). The smallest absolute Gasteiger partial charge is 0.269 e. The Balaban J connectivity index is 2.36. The van der Waals surface area contributed by atoms with Crippen LogP contribution in [-0.2, 0) is 5.41 Å². The maximum Gasteiger partial charge on any atom is 0.269 e. The van der Waals surface area contributed by atoms with Gasteiger partial charge in [-0.2, -0.15) is 0 Å². The minimum absolute atomic E-state index is 0.188. The molecule has 0 aliphatic rings. The number of nitrogens with two attached hydrogens (primary N) is 1. The Bertz CT molecular complexity index is 685. The van der Waals surface area contributed by atoms with Crippen LogP contribution in [0.1, 0.15) is 47.3 Å². The molecule has 1 heterocycles. The van der Waals surface area contributed by atoms with E-state index in [9.17, 15) is 4.79 Å². The molecule has 0 radical (unpaired) electrons. The van der Waals surface area contributed by atoms with Gasteiger partial charge in [0.2, 0.25) is 0 Å². The Morgan fingerprint density at radius 2 is 1.95 bits per heavy atom. The van der Waals surface area contributed by atoms with E-state index in [1.165, 1.54) is 0 Å². The largest absolute Gasteiger partial charge is 0.398 e. The van der Waals surface area contributed by atoms with Gasteiger partial charge in [-0.25, -0.2) is 0 Å². The Morgan fingerprint density at radius 1 is 1.29 bits per heavy atom. The maximum atomic E-state index is 12.5. The van der Waals surface area contributed by atoms with Crippen LogP contribution >= 0.6 is 11.5 Å². The van der Waals surface area contributed by atoms with Gasteiger partial charge in [-0.15, -0.1) is 5.10 Å². The van der Waals surface area contributed by atoms with E-state index < -0.39 is 0 Å². The van der Waals surface area contributed by atoms with Crippen LogP contribution < -0.4 is 11.1 Å². The van der Waals surface area contributed by atoms with Crippen LogP contribution in [0, 0.1) is 13.8 Å². The summed E-state index contributed by atoms with van der Waals surface area (Å²) < 4.78 is 3.92. The SMILES string of the molecule is Cc1ccc(N)c(C)c1NC(=O)c1snnc1C(C)(C)C. The molecule has 21 heavy (non-hydrogen) atoms. The number of carbonyl (C=O) groups is 1. The Hall–Kier alpha value is -1.95. The maximum absolute atomic E-state index is 12.5. The van der Waals surface area contributed by atoms with E-state index in [1.807, 2.05) is 46.8 Å². The van der Waals surface area contributed by atoms with Gasteiger partial charge in [0.15, 0.2) is 0 Å². The Morgan fingerprint density at radius 3 is 2.57 bits per heavy atom. The van der Waals surface area contributed by atoms with Crippen molar-refractivity contribution in [2.75, 3.05) is 11.1 Å². The highest BCUT2D eigenvalue weighted by atomic mass is 32.1. The Labute approximate surface area is 128 Å². The number of amides is 1. The van der Waals surface area contributed by atoms with Crippen molar-refractivity contribution >= 4 is 28.8 Å². The third-order valence-electron chi connectivity index (χ3n) is 3.36. The van der Waals surface area contributed by atoms with Crippen molar-refractivity contribution in [3.63, 3.8) is 0 Å². The summed E-state index contributed by atoms with van der Waals surface area (Å²) in [5.41, 5.74) is 9.67. The van der Waals surface area contributed by atoms with Crippen LogP contribution in [0.4, 0.5) is 11.4 Å². The summed E-state index contributed by atoms with van der Waals surface area (Å²) in [6.07, 6.45) is 0. The number of aryl methyl sites for hydroxylation is 1. The summed E-state index contributed by atoms with van der Waals surface area (Å²) in [7, 11) is 0. The van der Waals surface area contributed by atoms with Crippen molar-refractivity contribution in [2.45, 2.75) is 40.0 Å². The molecule has 0 fully saturated rings. The van der Waals surface area contributed by atoms with Gasteiger partial charge in [0.25, 0.3) is 5.91 Å². The van der Waals surface area contributed by atoms with Gasteiger partial charge in [0, 0.05) is 16.8 Å². The highest BCUT2D eigenvalue weighted by Crippen LogP contribution is 2.29. The molecule has 2 aromatic rings. The van der Waals surface area contributed by atoms with Crippen molar-refractivity contribution in [3.8, 4) is 0 Å². The molecule has 1 amide bonds. The van der Waals surface area contributed by atoms with Crippen LogP contribution in [0.5, 0.6) is 0 Å². The van der Waals surface area contributed by atoms with E-state index in [0.717, 1.165) is 28.3 Å². The van der Waals surface area contributed by atoms with Crippen LogP contribution in [-0.4, -0.2) is 15.5 Å². The fraction of sp³-hybridized carbons (Fsp3) is 0.400. The zero-order valence-corrected chi connectivity index (χ0v) is 13.8. The minimum atomic E-state index is -0.223. The monoisotopic (exact) mass is 304 g/mol. The predicted molar refractivity (Wildman–Crippen MR) is 86.9 cm³/mol. The number of anilines is 2. The first-order chi connectivity index (χ1) is 9.71. The molecule has 3 N–H and O–H groups in total. The molecule has 0 atom stereocenters. The van der Waals surface area contributed by atoms with Gasteiger partial charge in [-0.3, -0.25) is 4.79 Å². The molecule has 0 bridgehead atoms. The average molecular weight is 304 g/mol. The number of hydrogen-bond acceptors (Lipinski definition) is 5. The average Bonchev–Trinajstić information content (AvgIpc) is 2.88. The van der Waals surface area contributed by atoms with Gasteiger partial charge in [0.1, 0.15) is 4.88 Å². The number of aromatic nitrogens is 2. The lowest BCUT2D eigenvalue weighted by molar-refractivity contribution is 0.102. The highest BCUT2D eigenvalue weighted by Gasteiger charge is 2.26. The van der Waals surface area contributed by atoms with E-state index in [-0.39, 0.29) is 11.3 Å². The third-order valence-corrected chi connectivity index (χ3v) is 4.08. The molecule has 0 unspecified atom stereocenters. The predicted octanol–water partition coefficient (Wildman–Crippen LogP) is 3.29. The van der Waals surface area contributed by atoms with Crippen molar-refractivity contribution < 1.29 is 4.79 Å². The molecule has 6 heteroatoms. The fourth-order valence-electron chi connectivity index (χ4n) is 2.06. The van der Waals surface area contributed by atoms with Crippen LogP contribution in [0.3, 0.4) is 0 Å². The van der Waals surface area contributed by atoms with Crippen molar-refractivity contribution in [2.24, 2.45) is 0 Å². The second-order valence-electron chi connectivity index (χ2n) is 6.13. The molecular weight excluding hydrogens is 284 g/mol. The van der Waals surface area contributed by atoms with Crippen LogP contribution in [0.15, 0.2) is 12.1 Å². The summed E-state index contributed by atoms with van der Waals surface area (Å²) in [5.74, 6) is -0.188. The molecule has 0 aliphatic heterocycles. The lowest BCUT2D eigenvalue weighted by Crippen LogP contribution is -2.20. The van der Waals surface area contributed by atoms with Crippen molar-refractivity contribution in [1.29, 1.82) is 0 Å². The lowest BCUT2D eigenvalue weighted by Gasteiger charge is -2.17. The van der Waals surface area contributed by atoms with Crippen LogP contribution in [0.2, 0.25) is 0 Å². The molecule has 0 aliphatic carbocycles. The second-order valence-corrected chi connectivity index (χ2v) is 6.88. The van der Waals surface area contributed by atoms with Gasteiger partial charge in [-0.1, -0.05) is 31.3 Å². The van der Waals surface area contributed by atoms with E-state index in [0.29, 0.717) is 16.3 Å². The van der Waals surface area contributed by atoms with Crippen molar-refractivity contribution in [3.05, 3.63) is 33.8 Å². The normalized spacial score (nSPS) is 11.5. The number of nitrogen functional groups attached to an aromatic ring is 1. The summed E-state index contributed by atoms with van der Waals surface area (Å²) in [6, 6.07) is 3.74. The summed E-state index contributed by atoms with van der Waals surface area (Å²) in [6.45, 7) is 9.87. The second kappa shape index (κ2) is 5.44. The van der Waals surface area contributed by atoms with Crippen LogP contribution in [0.25, 0.3) is 0 Å². The molecule has 5 nitrogen and oxygen atoms in total. The number of carbonyl (C=O) groups excluding carboxylic acids is 1. The first-order valence-electron chi connectivity index (χ1n) is 6.71. The van der Waals surface area contributed by atoms with Gasteiger partial charge >= 0.3 is 0 Å². The number of nitrogens with one attached hydrogen (secondary N) is 1. The molecule has 1 aromatic carbocycles. The van der Waals surface area contributed by atoms with E-state index in [1.54, 1.807) is 0 Å². The van der Waals surface area contributed by atoms with E-state index in [2.05, 4.69) is 14.9 Å². The Kier molecular flexibility index (Phi) is 4.00. The van der Waals surface area contributed by atoms with E-state index >= 15 is 0 Å². The topological polar surface area (TPSA) is 80.9 Å². The lowest BCUT2D eigenvalue weighted by atomic mass is 9.91. The van der Waals surface area contributed by atoms with Gasteiger partial charge in [-0.05, 0) is 42.6 Å². The first-order valence-corrected chi connectivity index (χ1v) is 7.49. The summed E-state index contributed by atoms with van der Waals surface area (Å²) in [5, 5.41) is 7.04. The highest BCUT2D eigenvalue weighted by molar-refractivity contribution is 7.08. The first kappa shape index (κ1) is 15.4. The quantitative estimate of drug-likeness (QED) is 0.834. The fourth-order valence-corrected chi connectivity index (χ4v) is 2.83.